The molecule has 0 aliphatic rings. The molecule has 0 aliphatic heterocycles. The summed E-state index contributed by atoms with van der Waals surface area (Å²) in [6.07, 6.45) is 1.52. The fourth-order valence-electron chi connectivity index (χ4n) is 1.81. The van der Waals surface area contributed by atoms with Gasteiger partial charge in [-0.2, -0.15) is 0 Å². The van der Waals surface area contributed by atoms with Gasteiger partial charge in [0.05, 0.1) is 16.9 Å². The number of aromatic nitrogens is 1. The zero-order valence-corrected chi connectivity index (χ0v) is 13.3. The van der Waals surface area contributed by atoms with Crippen molar-refractivity contribution in [2.45, 2.75) is 5.75 Å². The van der Waals surface area contributed by atoms with E-state index in [1.54, 1.807) is 18.2 Å². The van der Waals surface area contributed by atoms with E-state index in [1.807, 2.05) is 0 Å². The van der Waals surface area contributed by atoms with Crippen LogP contribution in [0.1, 0.15) is 16.1 Å². The van der Waals surface area contributed by atoms with Gasteiger partial charge in [-0.3, -0.25) is 14.5 Å². The van der Waals surface area contributed by atoms with Crippen LogP contribution in [-0.2, 0) is 15.8 Å². The SMILES string of the molecule is CNC(=O)c1cc(Cl)ccc1NS(=O)(=O)Cc1ccccn1. The van der Waals surface area contributed by atoms with Crippen molar-refractivity contribution in [3.8, 4) is 0 Å². The molecule has 2 N–H and O–H groups in total. The number of amides is 1. The van der Waals surface area contributed by atoms with Crippen molar-refractivity contribution in [3.63, 3.8) is 0 Å². The molecule has 1 heterocycles. The molecule has 0 fully saturated rings. The van der Waals surface area contributed by atoms with Crippen LogP contribution in [0.2, 0.25) is 5.02 Å². The van der Waals surface area contributed by atoms with Crippen LogP contribution in [0.3, 0.4) is 0 Å². The molecule has 0 saturated carbocycles. The summed E-state index contributed by atoms with van der Waals surface area (Å²) in [6, 6.07) is 9.37. The first-order valence-electron chi connectivity index (χ1n) is 6.33. The Labute approximate surface area is 133 Å². The number of anilines is 1. The molecule has 1 aromatic heterocycles. The Bertz CT molecular complexity index is 779. The van der Waals surface area contributed by atoms with Gasteiger partial charge >= 0.3 is 0 Å². The predicted molar refractivity (Wildman–Crippen MR) is 85.3 cm³/mol. The zero-order chi connectivity index (χ0) is 16.2. The van der Waals surface area contributed by atoms with E-state index in [1.165, 1.54) is 31.4 Å². The summed E-state index contributed by atoms with van der Waals surface area (Å²) < 4.78 is 26.8. The highest BCUT2D eigenvalue weighted by Gasteiger charge is 2.17. The Morgan fingerprint density at radius 3 is 2.68 bits per heavy atom. The predicted octanol–water partition coefficient (Wildman–Crippen LogP) is 2.04. The van der Waals surface area contributed by atoms with Crippen molar-refractivity contribution in [3.05, 3.63) is 58.9 Å². The Balaban J connectivity index is 2.28. The third-order valence-electron chi connectivity index (χ3n) is 2.78. The largest absolute Gasteiger partial charge is 0.355 e. The number of rotatable bonds is 5. The van der Waals surface area contributed by atoms with Gasteiger partial charge in [0.15, 0.2) is 0 Å². The van der Waals surface area contributed by atoms with E-state index >= 15 is 0 Å². The first-order chi connectivity index (χ1) is 10.4. The third-order valence-corrected chi connectivity index (χ3v) is 4.22. The van der Waals surface area contributed by atoms with Crippen LogP contribution in [0.4, 0.5) is 5.69 Å². The van der Waals surface area contributed by atoms with E-state index in [2.05, 4.69) is 15.0 Å². The van der Waals surface area contributed by atoms with Crippen LogP contribution in [-0.4, -0.2) is 26.4 Å². The van der Waals surface area contributed by atoms with Gasteiger partial charge in [0.2, 0.25) is 10.0 Å². The minimum absolute atomic E-state index is 0.152. The molecule has 0 radical (unpaired) electrons. The maximum atomic E-state index is 12.2. The van der Waals surface area contributed by atoms with Gasteiger partial charge in [0.1, 0.15) is 5.75 Å². The maximum absolute atomic E-state index is 12.2. The highest BCUT2D eigenvalue weighted by atomic mass is 35.5. The van der Waals surface area contributed by atoms with Gasteiger partial charge in [0.25, 0.3) is 5.91 Å². The molecule has 22 heavy (non-hydrogen) atoms. The van der Waals surface area contributed by atoms with E-state index in [0.29, 0.717) is 10.7 Å². The van der Waals surface area contributed by atoms with Crippen LogP contribution in [0.5, 0.6) is 0 Å². The molecule has 0 aliphatic carbocycles. The smallest absolute Gasteiger partial charge is 0.253 e. The Hall–Kier alpha value is -2.12. The van der Waals surface area contributed by atoms with Crippen LogP contribution < -0.4 is 10.0 Å². The maximum Gasteiger partial charge on any atom is 0.253 e. The number of hydrogen-bond donors (Lipinski definition) is 2. The van der Waals surface area contributed by atoms with Crippen LogP contribution in [0.15, 0.2) is 42.6 Å². The average Bonchev–Trinajstić information content (AvgIpc) is 2.48. The third kappa shape index (κ3) is 4.19. The lowest BCUT2D eigenvalue weighted by atomic mass is 10.2. The lowest BCUT2D eigenvalue weighted by Gasteiger charge is -2.12. The summed E-state index contributed by atoms with van der Waals surface area (Å²) in [4.78, 5) is 15.8. The van der Waals surface area contributed by atoms with E-state index < -0.39 is 15.9 Å². The summed E-state index contributed by atoms with van der Waals surface area (Å²) >= 11 is 5.85. The number of carbonyl (C=O) groups is 1. The van der Waals surface area contributed by atoms with E-state index in [0.717, 1.165) is 0 Å². The molecule has 8 heteroatoms. The number of hydrogen-bond acceptors (Lipinski definition) is 4. The fraction of sp³-hybridized carbons (Fsp3) is 0.143. The van der Waals surface area contributed by atoms with Crippen molar-refractivity contribution < 1.29 is 13.2 Å². The summed E-state index contributed by atoms with van der Waals surface area (Å²) in [7, 11) is -2.25. The van der Waals surface area contributed by atoms with E-state index in [9.17, 15) is 13.2 Å². The number of carbonyl (C=O) groups excluding carboxylic acids is 1. The van der Waals surface area contributed by atoms with Crippen molar-refractivity contribution >= 4 is 33.2 Å². The Morgan fingerprint density at radius 2 is 2.05 bits per heavy atom. The molecular formula is C14H14ClN3O3S. The van der Waals surface area contributed by atoms with Crippen LogP contribution in [0, 0.1) is 0 Å². The van der Waals surface area contributed by atoms with Gasteiger partial charge < -0.3 is 5.32 Å². The molecule has 0 saturated heterocycles. The van der Waals surface area contributed by atoms with Gasteiger partial charge in [0, 0.05) is 18.3 Å². The average molecular weight is 340 g/mol. The molecule has 0 spiro atoms. The highest BCUT2D eigenvalue weighted by molar-refractivity contribution is 7.91. The standard InChI is InChI=1S/C14H14ClN3O3S/c1-16-14(19)12-8-10(15)5-6-13(12)18-22(20,21)9-11-4-2-3-7-17-11/h2-8,18H,9H2,1H3,(H,16,19). The summed E-state index contributed by atoms with van der Waals surface area (Å²) in [5, 5.41) is 2.78. The minimum atomic E-state index is -3.70. The molecule has 1 aromatic carbocycles. The van der Waals surface area contributed by atoms with Crippen molar-refractivity contribution in [1.82, 2.24) is 10.3 Å². The Kier molecular flexibility index (Phi) is 4.99. The van der Waals surface area contributed by atoms with Crippen LogP contribution >= 0.6 is 11.6 Å². The van der Waals surface area contributed by atoms with E-state index in [-0.39, 0.29) is 17.0 Å². The number of halogens is 1. The summed E-state index contributed by atoms with van der Waals surface area (Å²) in [5.74, 6) is -0.720. The molecule has 0 atom stereocenters. The van der Waals surface area contributed by atoms with Gasteiger partial charge in [-0.05, 0) is 30.3 Å². The normalized spacial score (nSPS) is 11.0. The van der Waals surface area contributed by atoms with Gasteiger partial charge in [-0.25, -0.2) is 8.42 Å². The topological polar surface area (TPSA) is 88.2 Å². The highest BCUT2D eigenvalue weighted by Crippen LogP contribution is 2.22. The molecule has 0 bridgehead atoms. The first kappa shape index (κ1) is 16.3. The van der Waals surface area contributed by atoms with Crippen molar-refractivity contribution in [1.29, 1.82) is 0 Å². The van der Waals surface area contributed by atoms with Crippen molar-refractivity contribution in [2.75, 3.05) is 11.8 Å². The molecule has 1 amide bonds. The zero-order valence-electron chi connectivity index (χ0n) is 11.7. The quantitative estimate of drug-likeness (QED) is 0.872. The number of benzene rings is 1. The lowest BCUT2D eigenvalue weighted by Crippen LogP contribution is -2.22. The molecule has 116 valence electrons. The number of sulfonamides is 1. The molecule has 6 nitrogen and oxygen atoms in total. The second-order valence-electron chi connectivity index (χ2n) is 4.45. The number of nitrogens with zero attached hydrogens (tertiary/aromatic N) is 1. The molecule has 0 unspecified atom stereocenters. The summed E-state index contributed by atoms with van der Waals surface area (Å²) in [5.41, 5.74) is 0.727. The monoisotopic (exact) mass is 339 g/mol. The first-order valence-corrected chi connectivity index (χ1v) is 8.36. The minimum Gasteiger partial charge on any atom is -0.355 e. The summed E-state index contributed by atoms with van der Waals surface area (Å²) in [6.45, 7) is 0. The lowest BCUT2D eigenvalue weighted by molar-refractivity contribution is 0.0964. The fourth-order valence-corrected chi connectivity index (χ4v) is 3.13. The van der Waals surface area contributed by atoms with Crippen LogP contribution in [0.25, 0.3) is 0 Å². The molecular weight excluding hydrogens is 326 g/mol. The van der Waals surface area contributed by atoms with E-state index in [4.69, 9.17) is 11.6 Å². The number of nitrogens with one attached hydrogen (secondary N) is 2. The van der Waals surface area contributed by atoms with Crippen molar-refractivity contribution in [2.24, 2.45) is 0 Å². The second-order valence-corrected chi connectivity index (χ2v) is 6.61. The van der Waals surface area contributed by atoms with Gasteiger partial charge in [-0.15, -0.1) is 0 Å². The van der Waals surface area contributed by atoms with Gasteiger partial charge in [-0.1, -0.05) is 17.7 Å². The molecule has 2 aromatic rings. The Morgan fingerprint density at radius 1 is 1.27 bits per heavy atom. The number of pyridine rings is 1. The molecule has 2 rings (SSSR count). The second kappa shape index (κ2) is 6.76.